The van der Waals surface area contributed by atoms with Crippen molar-refractivity contribution in [3.05, 3.63) is 54.1 Å². The number of para-hydroxylation sites is 3. The van der Waals surface area contributed by atoms with Gasteiger partial charge in [0.2, 0.25) is 5.91 Å². The molecular formula is C20H21F2N3OS. The molecule has 0 radical (unpaired) electrons. The van der Waals surface area contributed by atoms with Gasteiger partial charge < -0.3 is 9.88 Å². The van der Waals surface area contributed by atoms with Crippen LogP contribution in [0.1, 0.15) is 20.3 Å². The first-order chi connectivity index (χ1) is 13.0. The van der Waals surface area contributed by atoms with Crippen molar-refractivity contribution in [3.8, 4) is 0 Å². The summed E-state index contributed by atoms with van der Waals surface area (Å²) in [6.45, 7) is 5.11. The van der Waals surface area contributed by atoms with Gasteiger partial charge in [0.15, 0.2) is 5.16 Å². The molecule has 1 heterocycles. The normalized spacial score (nSPS) is 11.3. The van der Waals surface area contributed by atoms with Gasteiger partial charge in [-0.2, -0.15) is 0 Å². The summed E-state index contributed by atoms with van der Waals surface area (Å²) >= 11 is 1.26. The lowest BCUT2D eigenvalue weighted by Crippen LogP contribution is -2.16. The number of halogens is 2. The Labute approximate surface area is 161 Å². The SMILES string of the molecule is CC(C)CCn1c(SCC(=O)Nc2c(F)cccc2F)nc2ccccc21. The molecule has 27 heavy (non-hydrogen) atoms. The Balaban J connectivity index is 1.74. The van der Waals surface area contributed by atoms with Gasteiger partial charge in [0.25, 0.3) is 0 Å². The number of nitrogens with one attached hydrogen (secondary N) is 1. The van der Waals surface area contributed by atoms with Crippen LogP contribution in [0.2, 0.25) is 0 Å². The van der Waals surface area contributed by atoms with Crippen LogP contribution in [0.5, 0.6) is 0 Å². The van der Waals surface area contributed by atoms with E-state index in [0.717, 1.165) is 41.3 Å². The number of hydrogen-bond donors (Lipinski definition) is 1. The van der Waals surface area contributed by atoms with Gasteiger partial charge in [0.05, 0.1) is 16.8 Å². The van der Waals surface area contributed by atoms with E-state index in [9.17, 15) is 13.6 Å². The van der Waals surface area contributed by atoms with E-state index < -0.39 is 23.2 Å². The summed E-state index contributed by atoms with van der Waals surface area (Å²) in [6.07, 6.45) is 0.987. The summed E-state index contributed by atoms with van der Waals surface area (Å²) in [4.78, 5) is 16.8. The Morgan fingerprint density at radius 2 is 1.85 bits per heavy atom. The molecule has 0 unspecified atom stereocenters. The molecule has 0 aliphatic carbocycles. The number of carbonyl (C=O) groups is 1. The maximum atomic E-state index is 13.7. The number of aromatic nitrogens is 2. The first-order valence-electron chi connectivity index (χ1n) is 8.77. The molecule has 142 valence electrons. The van der Waals surface area contributed by atoms with E-state index in [2.05, 4.69) is 28.7 Å². The predicted molar refractivity (Wildman–Crippen MR) is 105 cm³/mol. The third-order valence-corrected chi connectivity index (χ3v) is 5.09. The second-order valence-electron chi connectivity index (χ2n) is 6.65. The van der Waals surface area contributed by atoms with E-state index >= 15 is 0 Å². The molecule has 3 rings (SSSR count). The van der Waals surface area contributed by atoms with Crippen LogP contribution < -0.4 is 5.32 Å². The molecular weight excluding hydrogens is 368 g/mol. The van der Waals surface area contributed by atoms with Crippen molar-refractivity contribution in [1.29, 1.82) is 0 Å². The predicted octanol–water partition coefficient (Wildman–Crippen LogP) is 5.09. The average Bonchev–Trinajstić information content (AvgIpc) is 2.99. The van der Waals surface area contributed by atoms with Gasteiger partial charge in [0, 0.05) is 6.54 Å². The largest absolute Gasteiger partial charge is 0.320 e. The summed E-state index contributed by atoms with van der Waals surface area (Å²) in [5.41, 5.74) is 1.46. The lowest BCUT2D eigenvalue weighted by molar-refractivity contribution is -0.113. The Hall–Kier alpha value is -2.41. The number of amides is 1. The molecule has 0 saturated carbocycles. The fourth-order valence-electron chi connectivity index (χ4n) is 2.69. The van der Waals surface area contributed by atoms with Crippen LogP contribution in [0.15, 0.2) is 47.6 Å². The van der Waals surface area contributed by atoms with Crippen LogP contribution in [0.4, 0.5) is 14.5 Å². The lowest BCUT2D eigenvalue weighted by atomic mass is 10.1. The minimum Gasteiger partial charge on any atom is -0.320 e. The van der Waals surface area contributed by atoms with Gasteiger partial charge in [-0.25, -0.2) is 13.8 Å². The zero-order valence-corrected chi connectivity index (χ0v) is 16.0. The topological polar surface area (TPSA) is 46.9 Å². The summed E-state index contributed by atoms with van der Waals surface area (Å²) in [5.74, 6) is -1.52. The number of thioether (sulfide) groups is 1. The average molecular weight is 389 g/mol. The molecule has 0 fully saturated rings. The number of anilines is 1. The Kier molecular flexibility index (Phi) is 6.11. The number of carbonyl (C=O) groups excluding carboxylic acids is 1. The zero-order valence-electron chi connectivity index (χ0n) is 15.2. The van der Waals surface area contributed by atoms with Gasteiger partial charge >= 0.3 is 0 Å². The molecule has 7 heteroatoms. The molecule has 1 aromatic heterocycles. The van der Waals surface area contributed by atoms with Gasteiger partial charge in [-0.3, -0.25) is 4.79 Å². The Morgan fingerprint density at radius 3 is 2.56 bits per heavy atom. The fraction of sp³-hybridized carbons (Fsp3) is 0.300. The van der Waals surface area contributed by atoms with E-state index in [-0.39, 0.29) is 5.75 Å². The van der Waals surface area contributed by atoms with Crippen molar-refractivity contribution in [2.45, 2.75) is 32.0 Å². The van der Waals surface area contributed by atoms with E-state index in [4.69, 9.17) is 0 Å². The number of rotatable bonds is 7. The number of hydrogen-bond acceptors (Lipinski definition) is 3. The molecule has 0 aliphatic heterocycles. The van der Waals surface area contributed by atoms with Crippen molar-refractivity contribution in [2.75, 3.05) is 11.1 Å². The first kappa shape index (κ1) is 19.4. The summed E-state index contributed by atoms with van der Waals surface area (Å²) in [7, 11) is 0. The second kappa shape index (κ2) is 8.52. The molecule has 1 amide bonds. The van der Waals surface area contributed by atoms with Gasteiger partial charge in [-0.1, -0.05) is 43.8 Å². The highest BCUT2D eigenvalue weighted by atomic mass is 32.2. The standard InChI is InChI=1S/C20H21F2N3OS/c1-13(2)10-11-25-17-9-4-3-8-16(17)23-20(25)27-12-18(26)24-19-14(21)6-5-7-15(19)22/h3-9,13H,10-12H2,1-2H3,(H,24,26). The van der Waals surface area contributed by atoms with Gasteiger partial charge in [-0.15, -0.1) is 0 Å². The summed E-state index contributed by atoms with van der Waals surface area (Å²) < 4.78 is 29.4. The molecule has 0 saturated heterocycles. The zero-order chi connectivity index (χ0) is 19.4. The number of fused-ring (bicyclic) bond motifs is 1. The van der Waals surface area contributed by atoms with E-state index in [1.807, 2.05) is 24.3 Å². The van der Waals surface area contributed by atoms with Gasteiger partial charge in [-0.05, 0) is 36.6 Å². The monoisotopic (exact) mass is 389 g/mol. The van der Waals surface area contributed by atoms with E-state index in [1.165, 1.54) is 17.8 Å². The molecule has 0 bridgehead atoms. The second-order valence-corrected chi connectivity index (χ2v) is 7.59. The lowest BCUT2D eigenvalue weighted by Gasteiger charge is -2.11. The maximum Gasteiger partial charge on any atom is 0.235 e. The minimum atomic E-state index is -0.794. The van der Waals surface area contributed by atoms with Crippen molar-refractivity contribution >= 4 is 34.4 Å². The van der Waals surface area contributed by atoms with Crippen LogP contribution in [0.3, 0.4) is 0 Å². The summed E-state index contributed by atoms with van der Waals surface area (Å²) in [6, 6.07) is 11.3. The molecule has 0 spiro atoms. The quantitative estimate of drug-likeness (QED) is 0.573. The van der Waals surface area contributed by atoms with Crippen LogP contribution in [-0.2, 0) is 11.3 Å². The number of aryl methyl sites for hydroxylation is 1. The van der Waals surface area contributed by atoms with Gasteiger partial charge in [0.1, 0.15) is 17.3 Å². The van der Waals surface area contributed by atoms with Crippen molar-refractivity contribution in [1.82, 2.24) is 9.55 Å². The highest BCUT2D eigenvalue weighted by molar-refractivity contribution is 7.99. The number of imidazole rings is 1. The van der Waals surface area contributed by atoms with E-state index in [1.54, 1.807) is 0 Å². The third-order valence-electron chi connectivity index (χ3n) is 4.11. The summed E-state index contributed by atoms with van der Waals surface area (Å²) in [5, 5.41) is 3.03. The third kappa shape index (κ3) is 4.66. The van der Waals surface area contributed by atoms with Crippen LogP contribution in [0.25, 0.3) is 11.0 Å². The molecule has 0 aliphatic rings. The molecule has 1 N–H and O–H groups in total. The molecule has 2 aromatic carbocycles. The Morgan fingerprint density at radius 1 is 1.15 bits per heavy atom. The smallest absolute Gasteiger partial charge is 0.235 e. The van der Waals surface area contributed by atoms with Crippen LogP contribution in [0, 0.1) is 17.6 Å². The first-order valence-corrected chi connectivity index (χ1v) is 9.76. The molecule has 3 aromatic rings. The highest BCUT2D eigenvalue weighted by Crippen LogP contribution is 2.26. The van der Waals surface area contributed by atoms with Crippen LogP contribution >= 0.6 is 11.8 Å². The maximum absolute atomic E-state index is 13.7. The minimum absolute atomic E-state index is 0.0127. The van der Waals surface area contributed by atoms with Crippen LogP contribution in [-0.4, -0.2) is 21.2 Å². The fourth-order valence-corrected chi connectivity index (χ4v) is 3.53. The van der Waals surface area contributed by atoms with E-state index in [0.29, 0.717) is 5.92 Å². The number of benzene rings is 2. The van der Waals surface area contributed by atoms with Crippen molar-refractivity contribution < 1.29 is 13.6 Å². The molecule has 4 nitrogen and oxygen atoms in total. The number of nitrogens with zero attached hydrogens (tertiary/aromatic N) is 2. The van der Waals surface area contributed by atoms with Crippen molar-refractivity contribution in [3.63, 3.8) is 0 Å². The highest BCUT2D eigenvalue weighted by Gasteiger charge is 2.15. The Bertz CT molecular complexity index is 935. The van der Waals surface area contributed by atoms with Crippen molar-refractivity contribution in [2.24, 2.45) is 5.92 Å². The molecule has 0 atom stereocenters.